The standard InChI is InChI=1S/C11H22BNO4/c1-11(4-3-5-12(2)17)8(7-14)6-13-9(11)10(15)16/h8-9,13-14,17H,3-7H2,1-2H3,(H,15,16). The molecule has 0 amide bonds. The Hall–Kier alpha value is -0.585. The van der Waals surface area contributed by atoms with Gasteiger partial charge in [0.1, 0.15) is 6.04 Å². The first kappa shape index (κ1) is 14.5. The minimum absolute atomic E-state index is 0.00194. The molecule has 0 aromatic carbocycles. The molecule has 6 heteroatoms. The Kier molecular flexibility index (Phi) is 4.97. The van der Waals surface area contributed by atoms with Crippen LogP contribution in [-0.2, 0) is 4.79 Å². The Morgan fingerprint density at radius 3 is 2.71 bits per heavy atom. The van der Waals surface area contributed by atoms with Crippen LogP contribution in [0.3, 0.4) is 0 Å². The lowest BCUT2D eigenvalue weighted by Gasteiger charge is -2.33. The number of hydrogen-bond donors (Lipinski definition) is 4. The molecule has 0 aromatic heterocycles. The average molecular weight is 243 g/mol. The van der Waals surface area contributed by atoms with Crippen LogP contribution in [0.25, 0.3) is 0 Å². The van der Waals surface area contributed by atoms with Crippen LogP contribution in [0.1, 0.15) is 19.8 Å². The van der Waals surface area contributed by atoms with Gasteiger partial charge in [0.25, 0.3) is 6.92 Å². The van der Waals surface area contributed by atoms with Crippen LogP contribution < -0.4 is 5.32 Å². The van der Waals surface area contributed by atoms with E-state index >= 15 is 0 Å². The van der Waals surface area contributed by atoms with Crippen molar-refractivity contribution in [1.29, 1.82) is 0 Å². The Labute approximate surface area is 102 Å². The van der Waals surface area contributed by atoms with Crippen molar-refractivity contribution in [2.75, 3.05) is 13.2 Å². The summed E-state index contributed by atoms with van der Waals surface area (Å²) in [7, 11) is 0. The van der Waals surface area contributed by atoms with Gasteiger partial charge in [0, 0.05) is 19.1 Å². The second-order valence-corrected chi connectivity index (χ2v) is 5.31. The van der Waals surface area contributed by atoms with Gasteiger partial charge in [-0.25, -0.2) is 0 Å². The van der Waals surface area contributed by atoms with Crippen LogP contribution >= 0.6 is 0 Å². The zero-order valence-corrected chi connectivity index (χ0v) is 10.5. The summed E-state index contributed by atoms with van der Waals surface area (Å²) in [5.74, 6) is -0.891. The molecule has 4 N–H and O–H groups in total. The second kappa shape index (κ2) is 5.84. The number of aliphatic hydroxyl groups excluding tert-OH is 1. The first-order valence-electron chi connectivity index (χ1n) is 6.17. The largest absolute Gasteiger partial charge is 0.480 e. The van der Waals surface area contributed by atoms with Gasteiger partial charge in [0.15, 0.2) is 0 Å². The molecule has 98 valence electrons. The van der Waals surface area contributed by atoms with Crippen LogP contribution in [0.2, 0.25) is 13.1 Å². The summed E-state index contributed by atoms with van der Waals surface area (Å²) in [4.78, 5) is 11.2. The lowest BCUT2D eigenvalue weighted by molar-refractivity contribution is -0.142. The maximum Gasteiger partial charge on any atom is 0.321 e. The van der Waals surface area contributed by atoms with E-state index in [9.17, 15) is 20.0 Å². The first-order chi connectivity index (χ1) is 7.91. The molecule has 17 heavy (non-hydrogen) atoms. The summed E-state index contributed by atoms with van der Waals surface area (Å²) in [5, 5.41) is 30.7. The van der Waals surface area contributed by atoms with E-state index in [4.69, 9.17) is 0 Å². The van der Waals surface area contributed by atoms with Crippen molar-refractivity contribution in [3.05, 3.63) is 0 Å². The van der Waals surface area contributed by atoms with E-state index < -0.39 is 17.4 Å². The molecule has 5 nitrogen and oxygen atoms in total. The number of carboxylic acids is 1. The van der Waals surface area contributed by atoms with Gasteiger partial charge < -0.3 is 20.6 Å². The van der Waals surface area contributed by atoms with Gasteiger partial charge in [-0.15, -0.1) is 0 Å². The van der Waals surface area contributed by atoms with Crippen molar-refractivity contribution in [2.24, 2.45) is 11.3 Å². The third-order valence-corrected chi connectivity index (χ3v) is 3.97. The van der Waals surface area contributed by atoms with Gasteiger partial charge in [0.2, 0.25) is 0 Å². The Morgan fingerprint density at radius 2 is 2.24 bits per heavy atom. The van der Waals surface area contributed by atoms with Crippen LogP contribution in [0.15, 0.2) is 0 Å². The molecule has 3 atom stereocenters. The molecule has 1 aliphatic heterocycles. The van der Waals surface area contributed by atoms with E-state index in [0.717, 1.165) is 6.42 Å². The summed E-state index contributed by atoms with van der Waals surface area (Å²) in [5.41, 5.74) is -0.435. The summed E-state index contributed by atoms with van der Waals surface area (Å²) >= 11 is 0. The number of hydrogen-bond acceptors (Lipinski definition) is 4. The molecular weight excluding hydrogens is 221 g/mol. The molecule has 1 saturated heterocycles. The monoisotopic (exact) mass is 243 g/mol. The number of nitrogens with one attached hydrogen (secondary N) is 1. The van der Waals surface area contributed by atoms with Crippen LogP contribution in [0.5, 0.6) is 0 Å². The number of aliphatic hydroxyl groups is 1. The minimum atomic E-state index is -0.861. The van der Waals surface area contributed by atoms with E-state index in [2.05, 4.69) is 5.32 Å². The van der Waals surface area contributed by atoms with Crippen molar-refractivity contribution < 1.29 is 20.0 Å². The Morgan fingerprint density at radius 1 is 1.59 bits per heavy atom. The highest BCUT2D eigenvalue weighted by molar-refractivity contribution is 6.48. The van der Waals surface area contributed by atoms with Crippen molar-refractivity contribution in [1.82, 2.24) is 5.32 Å². The summed E-state index contributed by atoms with van der Waals surface area (Å²) in [6.45, 7) is 3.83. The normalized spacial score (nSPS) is 32.7. The van der Waals surface area contributed by atoms with E-state index in [0.29, 0.717) is 19.3 Å². The molecule has 0 saturated carbocycles. The van der Waals surface area contributed by atoms with Gasteiger partial charge in [-0.1, -0.05) is 20.2 Å². The molecular formula is C11H22BNO4. The zero-order valence-electron chi connectivity index (χ0n) is 10.5. The van der Waals surface area contributed by atoms with Gasteiger partial charge >= 0.3 is 5.97 Å². The predicted octanol–water partition coefficient (Wildman–Crippen LogP) is 0.0514. The fraction of sp³-hybridized carbons (Fsp3) is 0.909. The molecule has 1 heterocycles. The lowest BCUT2D eigenvalue weighted by atomic mass is 9.64. The summed E-state index contributed by atoms with van der Waals surface area (Å²) in [6.07, 6.45) is 2.14. The van der Waals surface area contributed by atoms with Crippen LogP contribution in [-0.4, -0.2) is 47.3 Å². The van der Waals surface area contributed by atoms with E-state index in [-0.39, 0.29) is 19.4 Å². The van der Waals surface area contributed by atoms with E-state index in [1.807, 2.05) is 6.92 Å². The summed E-state index contributed by atoms with van der Waals surface area (Å²) in [6, 6.07) is -0.603. The van der Waals surface area contributed by atoms with Gasteiger partial charge in [-0.05, 0) is 18.2 Å². The highest BCUT2D eigenvalue weighted by Gasteiger charge is 2.49. The third-order valence-electron chi connectivity index (χ3n) is 3.97. The second-order valence-electron chi connectivity index (χ2n) is 5.31. The highest BCUT2D eigenvalue weighted by atomic mass is 16.4. The lowest BCUT2D eigenvalue weighted by Crippen LogP contribution is -2.43. The quantitative estimate of drug-likeness (QED) is 0.495. The molecule has 0 spiro atoms. The Balaban J connectivity index is 2.67. The molecule has 3 unspecified atom stereocenters. The van der Waals surface area contributed by atoms with Crippen LogP contribution in [0, 0.1) is 11.3 Å². The smallest absolute Gasteiger partial charge is 0.321 e. The van der Waals surface area contributed by atoms with Gasteiger partial charge in [-0.3, -0.25) is 4.79 Å². The average Bonchev–Trinajstić information content (AvgIpc) is 2.54. The molecule has 0 aromatic rings. The molecule has 1 rings (SSSR count). The van der Waals surface area contributed by atoms with Crippen LogP contribution in [0.4, 0.5) is 0 Å². The van der Waals surface area contributed by atoms with Crippen molar-refractivity contribution >= 4 is 12.9 Å². The Bertz CT molecular complexity index is 274. The number of carbonyl (C=O) groups is 1. The topological polar surface area (TPSA) is 89.8 Å². The molecule has 0 bridgehead atoms. The number of carboxylic acid groups (broad SMARTS) is 1. The first-order valence-corrected chi connectivity index (χ1v) is 6.17. The maximum atomic E-state index is 11.2. The van der Waals surface area contributed by atoms with E-state index in [1.54, 1.807) is 6.82 Å². The third kappa shape index (κ3) is 3.21. The van der Waals surface area contributed by atoms with E-state index in [1.165, 1.54) is 0 Å². The summed E-state index contributed by atoms with van der Waals surface area (Å²) < 4.78 is 0. The van der Waals surface area contributed by atoms with Crippen molar-refractivity contribution in [3.63, 3.8) is 0 Å². The molecule has 0 aliphatic carbocycles. The predicted molar refractivity (Wildman–Crippen MR) is 66.0 cm³/mol. The SMILES string of the molecule is CB(O)CCCC1(C)C(CO)CNC1C(=O)O. The fourth-order valence-corrected chi connectivity index (χ4v) is 2.73. The number of aliphatic carboxylic acids is 1. The van der Waals surface area contributed by atoms with Gasteiger partial charge in [-0.2, -0.15) is 0 Å². The minimum Gasteiger partial charge on any atom is -0.480 e. The highest BCUT2D eigenvalue weighted by Crippen LogP contribution is 2.40. The number of rotatable bonds is 6. The fourth-order valence-electron chi connectivity index (χ4n) is 2.73. The molecule has 0 radical (unpaired) electrons. The van der Waals surface area contributed by atoms with Crippen molar-refractivity contribution in [3.8, 4) is 0 Å². The van der Waals surface area contributed by atoms with Crippen molar-refractivity contribution in [2.45, 2.75) is 39.0 Å². The molecule has 1 aliphatic rings. The maximum absolute atomic E-state index is 11.2. The molecule has 1 fully saturated rings. The van der Waals surface area contributed by atoms with Gasteiger partial charge in [0.05, 0.1) is 0 Å². The zero-order chi connectivity index (χ0) is 13.1.